The number of rotatable bonds is 4. The van der Waals surface area contributed by atoms with Crippen molar-refractivity contribution < 1.29 is 0 Å². The van der Waals surface area contributed by atoms with Crippen molar-refractivity contribution in [1.82, 2.24) is 10.3 Å². The van der Waals surface area contributed by atoms with Crippen molar-refractivity contribution in [1.29, 1.82) is 0 Å². The minimum Gasteiger partial charge on any atom is -0.311 e. The molecule has 0 amide bonds. The van der Waals surface area contributed by atoms with Crippen molar-refractivity contribution in [3.8, 4) is 10.6 Å². The number of hydrogen-bond acceptors (Lipinski definition) is 4. The highest BCUT2D eigenvalue weighted by atomic mass is 32.1. The maximum absolute atomic E-state index is 4.66. The van der Waals surface area contributed by atoms with Crippen molar-refractivity contribution >= 4 is 22.7 Å². The number of thiophene rings is 1. The number of aryl methyl sites for hydroxylation is 1. The van der Waals surface area contributed by atoms with Crippen LogP contribution in [0.15, 0.2) is 17.5 Å². The zero-order valence-corrected chi connectivity index (χ0v) is 10.5. The third-order valence-corrected chi connectivity index (χ3v) is 3.97. The van der Waals surface area contributed by atoms with Gasteiger partial charge in [-0.1, -0.05) is 13.0 Å². The normalized spacial score (nSPS) is 10.8. The maximum Gasteiger partial charge on any atom is 0.107 e. The van der Waals surface area contributed by atoms with E-state index in [1.807, 2.05) is 0 Å². The molecule has 4 heteroatoms. The van der Waals surface area contributed by atoms with Gasteiger partial charge >= 0.3 is 0 Å². The second-order valence-electron chi connectivity index (χ2n) is 3.27. The van der Waals surface area contributed by atoms with Crippen LogP contribution >= 0.6 is 22.7 Å². The second kappa shape index (κ2) is 4.88. The largest absolute Gasteiger partial charge is 0.311 e. The fraction of sp³-hybridized carbons (Fsp3) is 0.364. The first-order chi connectivity index (χ1) is 7.31. The lowest BCUT2D eigenvalue weighted by Gasteiger charge is -1.94. The summed E-state index contributed by atoms with van der Waals surface area (Å²) >= 11 is 3.54. The zero-order valence-electron chi connectivity index (χ0n) is 8.91. The molecule has 0 bridgehead atoms. The van der Waals surface area contributed by atoms with Crippen LogP contribution in [0.1, 0.15) is 16.8 Å². The summed E-state index contributed by atoms with van der Waals surface area (Å²) in [5, 5.41) is 6.58. The van der Waals surface area contributed by atoms with Crippen LogP contribution in [0.4, 0.5) is 0 Å². The minimum absolute atomic E-state index is 0.882. The molecule has 80 valence electrons. The predicted octanol–water partition coefficient (Wildman–Crippen LogP) is 3.29. The van der Waals surface area contributed by atoms with E-state index in [2.05, 4.69) is 41.7 Å². The molecule has 2 nitrogen and oxygen atoms in total. The van der Waals surface area contributed by atoms with E-state index in [-0.39, 0.29) is 0 Å². The molecule has 2 aromatic heterocycles. The summed E-state index contributed by atoms with van der Waals surface area (Å²) in [6.07, 6.45) is 0. The molecule has 1 N–H and O–H groups in total. The Balaban J connectivity index is 2.22. The summed E-state index contributed by atoms with van der Waals surface area (Å²) in [5.74, 6) is 0. The first kappa shape index (κ1) is 10.8. The Morgan fingerprint density at radius 1 is 1.47 bits per heavy atom. The molecule has 0 unspecified atom stereocenters. The van der Waals surface area contributed by atoms with Gasteiger partial charge in [0.05, 0.1) is 10.6 Å². The highest BCUT2D eigenvalue weighted by Crippen LogP contribution is 2.30. The number of aromatic nitrogens is 1. The number of nitrogens with one attached hydrogen (secondary N) is 1. The monoisotopic (exact) mass is 238 g/mol. The molecule has 2 heterocycles. The van der Waals surface area contributed by atoms with E-state index in [1.165, 1.54) is 14.8 Å². The van der Waals surface area contributed by atoms with Gasteiger partial charge < -0.3 is 5.32 Å². The Kier molecular flexibility index (Phi) is 3.51. The smallest absolute Gasteiger partial charge is 0.107 e. The van der Waals surface area contributed by atoms with E-state index in [0.717, 1.165) is 18.8 Å². The minimum atomic E-state index is 0.882. The van der Waals surface area contributed by atoms with Gasteiger partial charge in [0.25, 0.3) is 0 Å². The predicted molar refractivity (Wildman–Crippen MR) is 67.5 cm³/mol. The molecule has 0 radical (unpaired) electrons. The molecule has 0 aliphatic carbocycles. The third-order valence-electron chi connectivity index (χ3n) is 2.12. The lowest BCUT2D eigenvalue weighted by Crippen LogP contribution is -2.11. The summed E-state index contributed by atoms with van der Waals surface area (Å²) in [4.78, 5) is 7.24. The summed E-state index contributed by atoms with van der Waals surface area (Å²) in [6, 6.07) is 4.20. The van der Waals surface area contributed by atoms with E-state index in [0.29, 0.717) is 0 Å². The maximum atomic E-state index is 4.66. The Morgan fingerprint density at radius 2 is 2.33 bits per heavy atom. The van der Waals surface area contributed by atoms with Crippen LogP contribution in [-0.4, -0.2) is 11.5 Å². The molecule has 0 atom stereocenters. The molecule has 2 aromatic rings. The van der Waals surface area contributed by atoms with Crippen molar-refractivity contribution in [2.45, 2.75) is 20.4 Å². The highest BCUT2D eigenvalue weighted by molar-refractivity contribution is 7.15. The van der Waals surface area contributed by atoms with Gasteiger partial charge in [-0.05, 0) is 24.9 Å². The Morgan fingerprint density at radius 3 is 3.00 bits per heavy atom. The molecule has 0 fully saturated rings. The van der Waals surface area contributed by atoms with Gasteiger partial charge in [0.1, 0.15) is 5.01 Å². The van der Waals surface area contributed by atoms with Gasteiger partial charge in [0.2, 0.25) is 0 Å². The first-order valence-corrected chi connectivity index (χ1v) is 6.71. The Labute approximate surface area is 98.0 Å². The van der Waals surface area contributed by atoms with E-state index in [1.54, 1.807) is 22.7 Å². The lowest BCUT2D eigenvalue weighted by molar-refractivity contribution is 0.723. The molecule has 0 aromatic carbocycles. The molecular formula is C11H14N2S2. The van der Waals surface area contributed by atoms with Gasteiger partial charge in [0, 0.05) is 11.4 Å². The van der Waals surface area contributed by atoms with Gasteiger partial charge in [-0.3, -0.25) is 0 Å². The van der Waals surface area contributed by atoms with Gasteiger partial charge in [-0.25, -0.2) is 4.98 Å². The third kappa shape index (κ3) is 2.45. The molecule has 2 rings (SSSR count). The molecule has 0 aliphatic rings. The van der Waals surface area contributed by atoms with Crippen LogP contribution in [0.25, 0.3) is 10.6 Å². The van der Waals surface area contributed by atoms with E-state index in [9.17, 15) is 0 Å². The van der Waals surface area contributed by atoms with Crippen LogP contribution in [0.2, 0.25) is 0 Å². The van der Waals surface area contributed by atoms with E-state index < -0.39 is 0 Å². The molecular weight excluding hydrogens is 224 g/mol. The van der Waals surface area contributed by atoms with Crippen LogP contribution < -0.4 is 5.32 Å². The second-order valence-corrected chi connectivity index (χ2v) is 5.51. The molecule has 0 saturated carbocycles. The van der Waals surface area contributed by atoms with Gasteiger partial charge in [0.15, 0.2) is 0 Å². The standard InChI is InChI=1S/C11H14N2S2/c1-3-12-7-10-13-11(8(2)15-10)9-5-4-6-14-9/h4-6,12H,3,7H2,1-2H3. The highest BCUT2D eigenvalue weighted by Gasteiger charge is 2.09. The topological polar surface area (TPSA) is 24.9 Å². The Hall–Kier alpha value is -0.710. The number of nitrogens with zero attached hydrogens (tertiary/aromatic N) is 1. The Bertz CT molecular complexity index is 418. The van der Waals surface area contributed by atoms with Crippen molar-refractivity contribution in [2.24, 2.45) is 0 Å². The lowest BCUT2D eigenvalue weighted by atomic mass is 10.3. The molecule has 0 saturated heterocycles. The van der Waals surface area contributed by atoms with Crippen LogP contribution in [0.5, 0.6) is 0 Å². The van der Waals surface area contributed by atoms with Crippen molar-refractivity contribution in [3.63, 3.8) is 0 Å². The van der Waals surface area contributed by atoms with Crippen molar-refractivity contribution in [3.05, 3.63) is 27.4 Å². The van der Waals surface area contributed by atoms with E-state index in [4.69, 9.17) is 0 Å². The van der Waals surface area contributed by atoms with E-state index >= 15 is 0 Å². The first-order valence-electron chi connectivity index (χ1n) is 5.02. The van der Waals surface area contributed by atoms with Gasteiger partial charge in [-0.15, -0.1) is 22.7 Å². The fourth-order valence-electron chi connectivity index (χ4n) is 1.40. The molecule has 0 aliphatic heterocycles. The number of hydrogen-bond donors (Lipinski definition) is 1. The molecule has 0 spiro atoms. The average molecular weight is 238 g/mol. The fourth-order valence-corrected chi connectivity index (χ4v) is 3.15. The molecule has 15 heavy (non-hydrogen) atoms. The quantitative estimate of drug-likeness (QED) is 0.884. The average Bonchev–Trinajstić information content (AvgIpc) is 2.83. The van der Waals surface area contributed by atoms with Crippen LogP contribution in [-0.2, 0) is 6.54 Å². The summed E-state index contributed by atoms with van der Waals surface area (Å²) < 4.78 is 0. The SMILES string of the molecule is CCNCc1nc(-c2cccs2)c(C)s1. The summed E-state index contributed by atoms with van der Waals surface area (Å²) in [6.45, 7) is 6.13. The summed E-state index contributed by atoms with van der Waals surface area (Å²) in [7, 11) is 0. The zero-order chi connectivity index (χ0) is 10.7. The summed E-state index contributed by atoms with van der Waals surface area (Å²) in [5.41, 5.74) is 1.16. The van der Waals surface area contributed by atoms with Crippen LogP contribution in [0.3, 0.4) is 0 Å². The van der Waals surface area contributed by atoms with Crippen LogP contribution in [0, 0.1) is 6.92 Å². The van der Waals surface area contributed by atoms with Crippen molar-refractivity contribution in [2.75, 3.05) is 6.54 Å². The van der Waals surface area contributed by atoms with Gasteiger partial charge in [-0.2, -0.15) is 0 Å². The number of thiazole rings is 1.